The van der Waals surface area contributed by atoms with Gasteiger partial charge in [0, 0.05) is 13.0 Å². The van der Waals surface area contributed by atoms with Crippen LogP contribution in [-0.2, 0) is 22.4 Å². The van der Waals surface area contributed by atoms with E-state index in [1.54, 1.807) is 24.3 Å². The second-order valence-corrected chi connectivity index (χ2v) is 5.89. The number of rotatable bonds is 6. The smallest absolute Gasteiger partial charge is 0.232 e. The fourth-order valence-corrected chi connectivity index (χ4v) is 2.70. The molecule has 7 heteroatoms. The van der Waals surface area contributed by atoms with Crippen LogP contribution in [0.4, 0.5) is 5.69 Å². The van der Waals surface area contributed by atoms with Crippen molar-refractivity contribution in [3.63, 3.8) is 0 Å². The molecule has 1 unspecified atom stereocenters. The standard InChI is InChI=1S/C16H18ClN3O3/c17-12-5-1-2-6-13(12)18-15(21)10-14-19-16(23-20-14)8-7-11-4-3-9-22-11/h1-2,5-6,11H,3-4,7-10H2,(H,18,21). The molecule has 1 aromatic carbocycles. The summed E-state index contributed by atoms with van der Waals surface area (Å²) in [5.41, 5.74) is 0.571. The summed E-state index contributed by atoms with van der Waals surface area (Å²) in [5.74, 6) is 0.683. The van der Waals surface area contributed by atoms with Crippen LogP contribution in [-0.4, -0.2) is 28.8 Å². The van der Waals surface area contributed by atoms with Gasteiger partial charge in [-0.15, -0.1) is 0 Å². The predicted molar refractivity (Wildman–Crippen MR) is 85.4 cm³/mol. The summed E-state index contributed by atoms with van der Waals surface area (Å²) in [5, 5.41) is 7.07. The van der Waals surface area contributed by atoms with Gasteiger partial charge in [0.25, 0.3) is 0 Å². The maximum absolute atomic E-state index is 12.0. The van der Waals surface area contributed by atoms with Crippen molar-refractivity contribution in [3.8, 4) is 0 Å². The van der Waals surface area contributed by atoms with Crippen molar-refractivity contribution in [3.05, 3.63) is 41.0 Å². The largest absolute Gasteiger partial charge is 0.378 e. The number of para-hydroxylation sites is 1. The lowest BCUT2D eigenvalue weighted by Crippen LogP contribution is -2.15. The maximum Gasteiger partial charge on any atom is 0.232 e. The minimum Gasteiger partial charge on any atom is -0.378 e. The van der Waals surface area contributed by atoms with E-state index in [2.05, 4.69) is 15.5 Å². The SMILES string of the molecule is O=C(Cc1noc(CCC2CCCO2)n1)Nc1ccccc1Cl. The summed E-state index contributed by atoms with van der Waals surface area (Å²) in [6.45, 7) is 0.835. The first kappa shape index (κ1) is 16.0. The van der Waals surface area contributed by atoms with E-state index < -0.39 is 0 Å². The average Bonchev–Trinajstić information content (AvgIpc) is 3.19. The van der Waals surface area contributed by atoms with Gasteiger partial charge < -0.3 is 14.6 Å². The van der Waals surface area contributed by atoms with E-state index >= 15 is 0 Å². The van der Waals surface area contributed by atoms with Crippen LogP contribution in [0, 0.1) is 0 Å². The number of hydrogen-bond acceptors (Lipinski definition) is 5. The van der Waals surface area contributed by atoms with Gasteiger partial charge in [-0.05, 0) is 31.4 Å². The fraction of sp³-hybridized carbons (Fsp3) is 0.438. The highest BCUT2D eigenvalue weighted by Crippen LogP contribution is 2.20. The van der Waals surface area contributed by atoms with E-state index in [0.29, 0.717) is 28.8 Å². The van der Waals surface area contributed by atoms with Crippen LogP contribution in [0.25, 0.3) is 0 Å². The van der Waals surface area contributed by atoms with Gasteiger partial charge in [0.05, 0.1) is 23.2 Å². The van der Waals surface area contributed by atoms with Crippen molar-refractivity contribution in [1.29, 1.82) is 0 Å². The molecular weight excluding hydrogens is 318 g/mol. The summed E-state index contributed by atoms with van der Waals surface area (Å²) in [7, 11) is 0. The van der Waals surface area contributed by atoms with Gasteiger partial charge in [-0.1, -0.05) is 28.9 Å². The highest BCUT2D eigenvalue weighted by atomic mass is 35.5. The molecule has 1 atom stereocenters. The molecule has 0 aliphatic carbocycles. The van der Waals surface area contributed by atoms with Crippen LogP contribution >= 0.6 is 11.6 Å². The number of anilines is 1. The van der Waals surface area contributed by atoms with Crippen LogP contribution in [0.15, 0.2) is 28.8 Å². The van der Waals surface area contributed by atoms with Gasteiger partial charge in [0.2, 0.25) is 11.8 Å². The molecule has 1 amide bonds. The van der Waals surface area contributed by atoms with Gasteiger partial charge in [0.15, 0.2) is 5.82 Å². The number of nitrogens with one attached hydrogen (secondary N) is 1. The molecule has 2 aromatic rings. The Morgan fingerprint density at radius 3 is 3.04 bits per heavy atom. The Balaban J connectivity index is 1.50. The van der Waals surface area contributed by atoms with E-state index in [9.17, 15) is 4.79 Å². The third-order valence-corrected chi connectivity index (χ3v) is 4.01. The van der Waals surface area contributed by atoms with Gasteiger partial charge in [-0.25, -0.2) is 0 Å². The number of halogens is 1. The highest BCUT2D eigenvalue weighted by molar-refractivity contribution is 6.33. The van der Waals surface area contributed by atoms with E-state index in [0.717, 1.165) is 25.9 Å². The van der Waals surface area contributed by atoms with Crippen molar-refractivity contribution in [2.24, 2.45) is 0 Å². The third kappa shape index (κ3) is 4.53. The van der Waals surface area contributed by atoms with Crippen LogP contribution in [0.1, 0.15) is 31.0 Å². The molecule has 0 spiro atoms. The Kier molecular flexibility index (Phi) is 5.25. The first-order chi connectivity index (χ1) is 11.2. The number of nitrogens with zero attached hydrogens (tertiary/aromatic N) is 2. The van der Waals surface area contributed by atoms with Crippen LogP contribution in [0.3, 0.4) is 0 Å². The van der Waals surface area contributed by atoms with Crippen molar-refractivity contribution in [1.82, 2.24) is 10.1 Å². The summed E-state index contributed by atoms with van der Waals surface area (Å²) >= 11 is 6.00. The van der Waals surface area contributed by atoms with Crippen LogP contribution in [0.2, 0.25) is 5.02 Å². The number of hydrogen-bond donors (Lipinski definition) is 1. The lowest BCUT2D eigenvalue weighted by molar-refractivity contribution is -0.115. The molecular formula is C16H18ClN3O3. The van der Waals surface area contributed by atoms with Gasteiger partial charge in [-0.3, -0.25) is 4.79 Å². The summed E-state index contributed by atoms with van der Waals surface area (Å²) < 4.78 is 10.7. The Bertz CT molecular complexity index is 668. The number of amides is 1. The Morgan fingerprint density at radius 1 is 1.39 bits per heavy atom. The molecule has 1 fully saturated rings. The number of carbonyl (C=O) groups is 1. The lowest BCUT2D eigenvalue weighted by atomic mass is 10.1. The molecule has 3 rings (SSSR count). The molecule has 122 valence electrons. The number of aryl methyl sites for hydroxylation is 1. The number of aromatic nitrogens is 2. The van der Waals surface area contributed by atoms with Crippen molar-refractivity contribution in [2.75, 3.05) is 11.9 Å². The zero-order chi connectivity index (χ0) is 16.1. The topological polar surface area (TPSA) is 77.2 Å². The molecule has 0 radical (unpaired) electrons. The number of benzene rings is 1. The van der Waals surface area contributed by atoms with Crippen molar-refractivity contribution >= 4 is 23.2 Å². The van der Waals surface area contributed by atoms with E-state index in [1.165, 1.54) is 0 Å². The summed E-state index contributed by atoms with van der Waals surface area (Å²) in [6.07, 6.45) is 4.07. The Morgan fingerprint density at radius 2 is 2.26 bits per heavy atom. The van der Waals surface area contributed by atoms with Crippen LogP contribution < -0.4 is 5.32 Å². The number of ether oxygens (including phenoxy) is 1. The maximum atomic E-state index is 12.0. The third-order valence-electron chi connectivity index (χ3n) is 3.68. The van der Waals surface area contributed by atoms with Crippen molar-refractivity contribution < 1.29 is 14.1 Å². The minimum absolute atomic E-state index is 0.0502. The molecule has 1 saturated heterocycles. The Labute approximate surface area is 139 Å². The summed E-state index contributed by atoms with van der Waals surface area (Å²) in [4.78, 5) is 16.2. The quantitative estimate of drug-likeness (QED) is 0.878. The zero-order valence-electron chi connectivity index (χ0n) is 12.6. The second-order valence-electron chi connectivity index (χ2n) is 5.48. The fourth-order valence-electron chi connectivity index (χ4n) is 2.52. The van der Waals surface area contributed by atoms with Gasteiger partial charge in [-0.2, -0.15) is 4.98 Å². The normalized spacial score (nSPS) is 17.3. The number of carbonyl (C=O) groups excluding carboxylic acids is 1. The molecule has 23 heavy (non-hydrogen) atoms. The molecule has 2 heterocycles. The molecule has 1 aliphatic heterocycles. The molecule has 1 aromatic heterocycles. The average molecular weight is 336 g/mol. The van der Waals surface area contributed by atoms with Crippen LogP contribution in [0.5, 0.6) is 0 Å². The van der Waals surface area contributed by atoms with E-state index in [4.69, 9.17) is 20.9 Å². The monoisotopic (exact) mass is 335 g/mol. The molecule has 0 bridgehead atoms. The van der Waals surface area contributed by atoms with E-state index in [1.807, 2.05) is 0 Å². The minimum atomic E-state index is -0.232. The van der Waals surface area contributed by atoms with E-state index in [-0.39, 0.29) is 18.4 Å². The van der Waals surface area contributed by atoms with Gasteiger partial charge >= 0.3 is 0 Å². The predicted octanol–water partition coefficient (Wildman–Crippen LogP) is 3.02. The first-order valence-corrected chi connectivity index (χ1v) is 8.06. The lowest BCUT2D eigenvalue weighted by Gasteiger charge is -2.05. The molecule has 0 saturated carbocycles. The molecule has 1 aliphatic rings. The molecule has 6 nitrogen and oxygen atoms in total. The first-order valence-electron chi connectivity index (χ1n) is 7.68. The van der Waals surface area contributed by atoms with Gasteiger partial charge in [0.1, 0.15) is 0 Å². The Hall–Kier alpha value is -1.92. The summed E-state index contributed by atoms with van der Waals surface area (Å²) in [6, 6.07) is 7.06. The molecule has 1 N–H and O–H groups in total. The zero-order valence-corrected chi connectivity index (χ0v) is 13.4. The second kappa shape index (κ2) is 7.57. The highest BCUT2D eigenvalue weighted by Gasteiger charge is 2.17. The van der Waals surface area contributed by atoms with Crippen molar-refractivity contribution in [2.45, 2.75) is 38.2 Å².